The fraction of sp³-hybridized carbons (Fsp3) is 0.783. The molecule has 1 N–H and O–H groups in total. The van der Waals surface area contributed by atoms with E-state index in [-0.39, 0.29) is 5.43 Å². The molecule has 0 fully saturated rings. The van der Waals surface area contributed by atoms with Gasteiger partial charge in [0.1, 0.15) is 0 Å². The third-order valence-corrected chi connectivity index (χ3v) is 5.60. The standard InChI is InChI=1S/C23H39NO/c25-23-19-21-17-15-13-11-9-7-5-3-1-2-4-6-8-10-12-14-16-18-22(20-23)24-21/h19-20H,1-18H2,(H,24,25). The van der Waals surface area contributed by atoms with Crippen molar-refractivity contribution in [1.82, 2.24) is 4.98 Å². The maximum atomic E-state index is 11.9. The van der Waals surface area contributed by atoms with Gasteiger partial charge in [-0.15, -0.1) is 0 Å². The van der Waals surface area contributed by atoms with Gasteiger partial charge in [-0.25, -0.2) is 0 Å². The molecule has 1 aromatic rings. The van der Waals surface area contributed by atoms with Crippen molar-refractivity contribution < 1.29 is 0 Å². The predicted molar refractivity (Wildman–Crippen MR) is 108 cm³/mol. The van der Waals surface area contributed by atoms with Gasteiger partial charge < -0.3 is 4.98 Å². The quantitative estimate of drug-likeness (QED) is 0.556. The van der Waals surface area contributed by atoms with Crippen molar-refractivity contribution in [1.29, 1.82) is 0 Å². The van der Waals surface area contributed by atoms with Gasteiger partial charge in [-0.2, -0.15) is 0 Å². The number of nitrogens with one attached hydrogen (secondary N) is 1. The summed E-state index contributed by atoms with van der Waals surface area (Å²) in [4.78, 5) is 15.4. The van der Waals surface area contributed by atoms with Crippen molar-refractivity contribution in [2.24, 2.45) is 0 Å². The minimum atomic E-state index is 0.183. The van der Waals surface area contributed by atoms with E-state index in [1.54, 1.807) is 12.1 Å². The Balaban J connectivity index is 1.78. The van der Waals surface area contributed by atoms with Crippen molar-refractivity contribution in [3.63, 3.8) is 0 Å². The molecule has 2 nitrogen and oxygen atoms in total. The van der Waals surface area contributed by atoms with Crippen LogP contribution in [0.4, 0.5) is 0 Å². The van der Waals surface area contributed by atoms with Crippen molar-refractivity contribution in [2.45, 2.75) is 116 Å². The lowest BCUT2D eigenvalue weighted by Gasteiger charge is -2.07. The molecule has 0 atom stereocenters. The molecule has 1 aliphatic rings. The van der Waals surface area contributed by atoms with Crippen LogP contribution in [0.3, 0.4) is 0 Å². The zero-order valence-corrected chi connectivity index (χ0v) is 16.3. The number of rotatable bonds is 0. The Hall–Kier alpha value is -1.05. The van der Waals surface area contributed by atoms with Crippen LogP contribution in [0, 0.1) is 0 Å². The third-order valence-electron chi connectivity index (χ3n) is 5.60. The molecule has 0 aliphatic carbocycles. The van der Waals surface area contributed by atoms with Crippen LogP contribution in [-0.2, 0) is 12.8 Å². The molecule has 2 rings (SSSR count). The van der Waals surface area contributed by atoms with Gasteiger partial charge >= 0.3 is 0 Å². The van der Waals surface area contributed by atoms with E-state index in [2.05, 4.69) is 4.98 Å². The van der Waals surface area contributed by atoms with E-state index in [1.807, 2.05) is 0 Å². The summed E-state index contributed by atoms with van der Waals surface area (Å²) in [6.07, 6.45) is 24.0. The van der Waals surface area contributed by atoms with Crippen LogP contribution >= 0.6 is 0 Å². The summed E-state index contributed by atoms with van der Waals surface area (Å²) in [7, 11) is 0. The molecule has 0 unspecified atom stereocenters. The number of hydrogen-bond donors (Lipinski definition) is 1. The van der Waals surface area contributed by atoms with Crippen LogP contribution in [0.15, 0.2) is 16.9 Å². The zero-order valence-electron chi connectivity index (χ0n) is 16.3. The van der Waals surface area contributed by atoms with E-state index in [1.165, 1.54) is 103 Å². The molecule has 0 radical (unpaired) electrons. The van der Waals surface area contributed by atoms with Gasteiger partial charge in [0.05, 0.1) is 0 Å². The molecule has 25 heavy (non-hydrogen) atoms. The summed E-state index contributed by atoms with van der Waals surface area (Å²) in [6, 6.07) is 3.61. The van der Waals surface area contributed by atoms with Crippen LogP contribution in [-0.4, -0.2) is 4.98 Å². The summed E-state index contributed by atoms with van der Waals surface area (Å²) >= 11 is 0. The minimum Gasteiger partial charge on any atom is -0.362 e. The molecule has 0 aromatic carbocycles. The summed E-state index contributed by atoms with van der Waals surface area (Å²) in [5.41, 5.74) is 2.48. The molecule has 1 aromatic heterocycles. The van der Waals surface area contributed by atoms with Crippen molar-refractivity contribution >= 4 is 0 Å². The second kappa shape index (κ2) is 13.2. The summed E-state index contributed by atoms with van der Waals surface area (Å²) in [6.45, 7) is 0. The largest absolute Gasteiger partial charge is 0.362 e. The lowest BCUT2D eigenvalue weighted by molar-refractivity contribution is 0.528. The first-order chi connectivity index (χ1) is 12.3. The Kier molecular flexibility index (Phi) is 10.7. The third kappa shape index (κ3) is 9.87. The minimum absolute atomic E-state index is 0.183. The molecule has 0 amide bonds. The molecule has 2 heteroatoms. The molecule has 2 bridgehead atoms. The number of H-pyrrole nitrogens is 1. The highest BCUT2D eigenvalue weighted by molar-refractivity contribution is 5.12. The Morgan fingerprint density at radius 2 is 0.760 bits per heavy atom. The first kappa shape index (κ1) is 20.3. The number of aromatic nitrogens is 1. The van der Waals surface area contributed by atoms with E-state index >= 15 is 0 Å². The van der Waals surface area contributed by atoms with Gasteiger partial charge in [-0.05, 0) is 25.7 Å². The fourth-order valence-electron chi connectivity index (χ4n) is 4.04. The van der Waals surface area contributed by atoms with Gasteiger partial charge in [-0.3, -0.25) is 4.79 Å². The van der Waals surface area contributed by atoms with Gasteiger partial charge in [0.2, 0.25) is 0 Å². The number of hydrogen-bond acceptors (Lipinski definition) is 1. The number of aromatic amines is 1. The molecule has 142 valence electrons. The summed E-state index contributed by atoms with van der Waals surface area (Å²) in [5.74, 6) is 0. The molecular weight excluding hydrogens is 306 g/mol. The first-order valence-electron chi connectivity index (χ1n) is 11.1. The monoisotopic (exact) mass is 345 g/mol. The van der Waals surface area contributed by atoms with Crippen molar-refractivity contribution in [3.05, 3.63) is 33.7 Å². The van der Waals surface area contributed by atoms with Crippen LogP contribution in [0.5, 0.6) is 0 Å². The molecule has 0 saturated carbocycles. The highest BCUT2D eigenvalue weighted by atomic mass is 16.1. The summed E-state index contributed by atoms with van der Waals surface area (Å²) in [5, 5.41) is 0. The first-order valence-corrected chi connectivity index (χ1v) is 11.1. The van der Waals surface area contributed by atoms with E-state index in [9.17, 15) is 4.79 Å². The summed E-state index contributed by atoms with van der Waals surface area (Å²) < 4.78 is 0. The SMILES string of the molecule is O=c1cc2[nH]c(c1)CCCCCCCCCCCCCCCCCC2. The predicted octanol–water partition coefficient (Wildman–Crippen LogP) is 6.72. The van der Waals surface area contributed by atoms with Crippen LogP contribution in [0.25, 0.3) is 0 Å². The van der Waals surface area contributed by atoms with Gasteiger partial charge in [0.25, 0.3) is 0 Å². The van der Waals surface area contributed by atoms with E-state index in [0.717, 1.165) is 24.2 Å². The molecule has 0 saturated heterocycles. The molecule has 2 heterocycles. The van der Waals surface area contributed by atoms with Crippen LogP contribution in [0.1, 0.15) is 114 Å². The van der Waals surface area contributed by atoms with Gasteiger partial charge in [0.15, 0.2) is 5.43 Å². The second-order valence-corrected chi connectivity index (χ2v) is 8.02. The Labute approximate surface area is 154 Å². The van der Waals surface area contributed by atoms with Gasteiger partial charge in [-0.1, -0.05) is 89.9 Å². The maximum absolute atomic E-state index is 11.9. The number of pyridine rings is 1. The fourth-order valence-corrected chi connectivity index (χ4v) is 4.04. The second-order valence-electron chi connectivity index (χ2n) is 8.02. The maximum Gasteiger partial charge on any atom is 0.182 e. The lowest BCUT2D eigenvalue weighted by Crippen LogP contribution is -2.07. The highest BCUT2D eigenvalue weighted by Gasteiger charge is 2.01. The van der Waals surface area contributed by atoms with Crippen molar-refractivity contribution in [2.75, 3.05) is 0 Å². The lowest BCUT2D eigenvalue weighted by atomic mass is 10.0. The smallest absolute Gasteiger partial charge is 0.182 e. The molecule has 1 aliphatic heterocycles. The van der Waals surface area contributed by atoms with E-state index in [4.69, 9.17) is 0 Å². The Morgan fingerprint density at radius 3 is 1.08 bits per heavy atom. The zero-order chi connectivity index (χ0) is 17.6. The topological polar surface area (TPSA) is 32.9 Å². The Morgan fingerprint density at radius 1 is 0.480 bits per heavy atom. The number of fused-ring (bicyclic) bond motifs is 2. The average Bonchev–Trinajstić information content (AvgIpc) is 2.59. The van der Waals surface area contributed by atoms with Crippen molar-refractivity contribution in [3.8, 4) is 0 Å². The molecular formula is C23H39NO. The van der Waals surface area contributed by atoms with E-state index in [0.29, 0.717) is 0 Å². The Bertz CT molecular complexity index is 464. The normalized spacial score (nSPS) is 20.5. The average molecular weight is 346 g/mol. The number of aryl methyl sites for hydroxylation is 2. The van der Waals surface area contributed by atoms with Crippen LogP contribution in [0.2, 0.25) is 0 Å². The highest BCUT2D eigenvalue weighted by Crippen LogP contribution is 2.15. The molecule has 0 spiro atoms. The van der Waals surface area contributed by atoms with Crippen LogP contribution < -0.4 is 5.43 Å². The van der Waals surface area contributed by atoms with E-state index < -0.39 is 0 Å². The van der Waals surface area contributed by atoms with Gasteiger partial charge in [0, 0.05) is 23.5 Å².